The number of carboxylic acids is 1. The molecule has 90 valence electrons. The fourth-order valence-corrected chi connectivity index (χ4v) is 2.08. The van der Waals surface area contributed by atoms with Gasteiger partial charge in [-0.05, 0) is 6.07 Å². The van der Waals surface area contributed by atoms with Gasteiger partial charge in [0.15, 0.2) is 5.65 Å². The minimum atomic E-state index is -0.969. The zero-order chi connectivity index (χ0) is 12.8. The molecule has 0 aliphatic rings. The third kappa shape index (κ3) is 1.88. The standard InChI is InChI=1S/C12H15N3O2/c1-12(2,3)9-8-5-7(11(16)17)6-13-10(8)14-15(9)4/h5-6H,1-4H3,(H,16,17). The smallest absolute Gasteiger partial charge is 0.337 e. The fourth-order valence-electron chi connectivity index (χ4n) is 2.08. The Morgan fingerprint density at radius 2 is 2.06 bits per heavy atom. The Morgan fingerprint density at radius 3 is 2.59 bits per heavy atom. The van der Waals surface area contributed by atoms with Crippen molar-refractivity contribution in [3.8, 4) is 0 Å². The van der Waals surface area contributed by atoms with Gasteiger partial charge in [0.1, 0.15) is 0 Å². The Balaban J connectivity index is 2.78. The molecular formula is C12H15N3O2. The van der Waals surface area contributed by atoms with Gasteiger partial charge >= 0.3 is 5.97 Å². The number of aryl methyl sites for hydroxylation is 1. The highest BCUT2D eigenvalue weighted by Gasteiger charge is 2.23. The molecular weight excluding hydrogens is 218 g/mol. The van der Waals surface area contributed by atoms with Crippen molar-refractivity contribution in [3.63, 3.8) is 0 Å². The van der Waals surface area contributed by atoms with Crippen molar-refractivity contribution >= 4 is 17.0 Å². The molecule has 2 aromatic heterocycles. The van der Waals surface area contributed by atoms with Crippen molar-refractivity contribution in [2.75, 3.05) is 0 Å². The maximum absolute atomic E-state index is 10.9. The predicted octanol–water partition coefficient (Wildman–Crippen LogP) is 1.96. The summed E-state index contributed by atoms with van der Waals surface area (Å²) in [5.74, 6) is -0.969. The second-order valence-corrected chi connectivity index (χ2v) is 5.12. The molecule has 2 rings (SSSR count). The molecule has 0 unspecified atom stereocenters. The summed E-state index contributed by atoms with van der Waals surface area (Å²) < 4.78 is 1.77. The molecule has 0 aromatic carbocycles. The number of rotatable bonds is 1. The predicted molar refractivity (Wildman–Crippen MR) is 64.2 cm³/mol. The third-order valence-electron chi connectivity index (χ3n) is 2.65. The van der Waals surface area contributed by atoms with E-state index in [1.54, 1.807) is 10.7 Å². The van der Waals surface area contributed by atoms with Crippen LogP contribution in [0.1, 0.15) is 36.8 Å². The summed E-state index contributed by atoms with van der Waals surface area (Å²) in [4.78, 5) is 15.0. The van der Waals surface area contributed by atoms with Gasteiger partial charge in [-0.15, -0.1) is 0 Å². The van der Waals surface area contributed by atoms with Crippen LogP contribution in [-0.4, -0.2) is 25.8 Å². The van der Waals surface area contributed by atoms with Gasteiger partial charge in [-0.2, -0.15) is 5.10 Å². The molecule has 0 fully saturated rings. The fraction of sp³-hybridized carbons (Fsp3) is 0.417. The molecule has 0 saturated carbocycles. The summed E-state index contributed by atoms with van der Waals surface area (Å²) in [5.41, 5.74) is 1.66. The van der Waals surface area contributed by atoms with Crippen LogP contribution in [0.15, 0.2) is 12.3 Å². The molecule has 0 atom stereocenters. The summed E-state index contributed by atoms with van der Waals surface area (Å²) in [5, 5.41) is 14.1. The van der Waals surface area contributed by atoms with Crippen molar-refractivity contribution < 1.29 is 9.90 Å². The number of nitrogens with zero attached hydrogens (tertiary/aromatic N) is 3. The van der Waals surface area contributed by atoms with Gasteiger partial charge in [0.05, 0.1) is 11.3 Å². The van der Waals surface area contributed by atoms with Gasteiger partial charge in [0.2, 0.25) is 0 Å². The van der Waals surface area contributed by atoms with Gasteiger partial charge in [-0.25, -0.2) is 9.78 Å². The van der Waals surface area contributed by atoms with Crippen LogP contribution in [0.3, 0.4) is 0 Å². The van der Waals surface area contributed by atoms with Crippen LogP contribution in [0.5, 0.6) is 0 Å². The minimum absolute atomic E-state index is 0.109. The molecule has 17 heavy (non-hydrogen) atoms. The highest BCUT2D eigenvalue weighted by Crippen LogP contribution is 2.29. The number of aromatic nitrogens is 3. The van der Waals surface area contributed by atoms with Gasteiger partial charge in [0.25, 0.3) is 0 Å². The lowest BCUT2D eigenvalue weighted by Gasteiger charge is -2.19. The Morgan fingerprint density at radius 1 is 1.41 bits per heavy atom. The monoisotopic (exact) mass is 233 g/mol. The molecule has 0 aliphatic heterocycles. The number of hydrogen-bond acceptors (Lipinski definition) is 3. The largest absolute Gasteiger partial charge is 0.478 e. The lowest BCUT2D eigenvalue weighted by molar-refractivity contribution is 0.0696. The highest BCUT2D eigenvalue weighted by molar-refractivity contribution is 5.92. The van der Waals surface area contributed by atoms with Crippen LogP contribution >= 0.6 is 0 Å². The van der Waals surface area contributed by atoms with E-state index in [1.165, 1.54) is 6.20 Å². The van der Waals surface area contributed by atoms with Crippen LogP contribution in [0.2, 0.25) is 0 Å². The lowest BCUT2D eigenvalue weighted by Crippen LogP contribution is -2.16. The first-order chi connectivity index (χ1) is 7.80. The van der Waals surface area contributed by atoms with Crippen molar-refractivity contribution in [2.24, 2.45) is 7.05 Å². The van der Waals surface area contributed by atoms with E-state index in [0.717, 1.165) is 11.1 Å². The number of carbonyl (C=O) groups is 1. The van der Waals surface area contributed by atoms with Crippen LogP contribution in [0.25, 0.3) is 11.0 Å². The molecule has 0 bridgehead atoms. The zero-order valence-electron chi connectivity index (χ0n) is 10.4. The van der Waals surface area contributed by atoms with E-state index in [4.69, 9.17) is 5.11 Å². The topological polar surface area (TPSA) is 68.0 Å². The van der Waals surface area contributed by atoms with Crippen LogP contribution in [0, 0.1) is 0 Å². The Labute approximate surface area is 99.1 Å². The third-order valence-corrected chi connectivity index (χ3v) is 2.65. The molecule has 0 radical (unpaired) electrons. The molecule has 0 saturated heterocycles. The highest BCUT2D eigenvalue weighted by atomic mass is 16.4. The number of fused-ring (bicyclic) bond motifs is 1. The van der Waals surface area contributed by atoms with Gasteiger partial charge in [-0.1, -0.05) is 20.8 Å². The first-order valence-electron chi connectivity index (χ1n) is 5.37. The Hall–Kier alpha value is -1.91. The van der Waals surface area contributed by atoms with Crippen LogP contribution in [-0.2, 0) is 12.5 Å². The molecule has 2 heterocycles. The first-order valence-corrected chi connectivity index (χ1v) is 5.37. The summed E-state index contributed by atoms with van der Waals surface area (Å²) in [6.45, 7) is 6.20. The lowest BCUT2D eigenvalue weighted by atomic mass is 9.90. The molecule has 0 spiro atoms. The van der Waals surface area contributed by atoms with Crippen LogP contribution in [0.4, 0.5) is 0 Å². The van der Waals surface area contributed by atoms with E-state index < -0.39 is 5.97 Å². The Kier molecular flexibility index (Phi) is 2.41. The van der Waals surface area contributed by atoms with Crippen molar-refractivity contribution in [3.05, 3.63) is 23.5 Å². The average Bonchev–Trinajstić information content (AvgIpc) is 2.51. The van der Waals surface area contributed by atoms with E-state index in [1.807, 2.05) is 7.05 Å². The quantitative estimate of drug-likeness (QED) is 0.817. The molecule has 0 aliphatic carbocycles. The van der Waals surface area contributed by atoms with Crippen molar-refractivity contribution in [1.29, 1.82) is 0 Å². The maximum Gasteiger partial charge on any atom is 0.337 e. The number of hydrogen-bond donors (Lipinski definition) is 1. The average molecular weight is 233 g/mol. The molecule has 0 amide bonds. The zero-order valence-corrected chi connectivity index (χ0v) is 10.4. The van der Waals surface area contributed by atoms with E-state index in [-0.39, 0.29) is 11.0 Å². The Bertz CT molecular complexity index is 594. The van der Waals surface area contributed by atoms with E-state index in [9.17, 15) is 4.79 Å². The van der Waals surface area contributed by atoms with E-state index >= 15 is 0 Å². The second kappa shape index (κ2) is 3.55. The van der Waals surface area contributed by atoms with Crippen molar-refractivity contribution in [1.82, 2.24) is 14.8 Å². The summed E-state index contributed by atoms with van der Waals surface area (Å²) >= 11 is 0. The van der Waals surface area contributed by atoms with Gasteiger partial charge < -0.3 is 5.11 Å². The summed E-state index contributed by atoms with van der Waals surface area (Å²) in [6.07, 6.45) is 1.34. The van der Waals surface area contributed by atoms with Crippen molar-refractivity contribution in [2.45, 2.75) is 26.2 Å². The van der Waals surface area contributed by atoms with Gasteiger partial charge in [-0.3, -0.25) is 4.68 Å². The molecule has 1 N–H and O–H groups in total. The second-order valence-electron chi connectivity index (χ2n) is 5.12. The molecule has 5 heteroatoms. The van der Waals surface area contributed by atoms with E-state index in [2.05, 4.69) is 30.9 Å². The number of aromatic carboxylic acids is 1. The normalized spacial score (nSPS) is 12.0. The summed E-state index contributed by atoms with van der Waals surface area (Å²) in [7, 11) is 1.85. The summed E-state index contributed by atoms with van der Waals surface area (Å²) in [6, 6.07) is 1.64. The molecule has 5 nitrogen and oxygen atoms in total. The SMILES string of the molecule is Cn1nc2ncc(C(=O)O)cc2c1C(C)(C)C. The minimum Gasteiger partial charge on any atom is -0.478 e. The van der Waals surface area contributed by atoms with E-state index in [0.29, 0.717) is 5.65 Å². The first kappa shape index (κ1) is 11.6. The maximum atomic E-state index is 10.9. The number of carboxylic acid groups (broad SMARTS) is 1. The number of pyridine rings is 1. The van der Waals surface area contributed by atoms with Crippen LogP contribution < -0.4 is 0 Å². The molecule has 2 aromatic rings. The van der Waals surface area contributed by atoms with Gasteiger partial charge in [0, 0.05) is 24.0 Å².